The Morgan fingerprint density at radius 3 is 2.43 bits per heavy atom. The van der Waals surface area contributed by atoms with Crippen molar-refractivity contribution in [3.05, 3.63) is 75.4 Å². The number of nitrogens with zero attached hydrogens (tertiary/aromatic N) is 4. The zero-order valence-corrected chi connectivity index (χ0v) is 26.7. The maximum Gasteiger partial charge on any atom is 0.354 e. The van der Waals surface area contributed by atoms with Gasteiger partial charge in [-0.2, -0.15) is 0 Å². The van der Waals surface area contributed by atoms with Gasteiger partial charge in [0.05, 0.1) is 28.4 Å². The van der Waals surface area contributed by atoms with Gasteiger partial charge in [0, 0.05) is 47.9 Å². The molecule has 4 saturated carbocycles. The number of anilines is 1. The Morgan fingerprint density at radius 2 is 1.78 bits per heavy atom. The molecule has 5 fully saturated rings. The van der Waals surface area contributed by atoms with Crippen molar-refractivity contribution in [3.8, 4) is 11.3 Å². The van der Waals surface area contributed by atoms with Crippen molar-refractivity contribution in [1.29, 1.82) is 0 Å². The summed E-state index contributed by atoms with van der Waals surface area (Å²) in [5.41, 5.74) is 3.24. The van der Waals surface area contributed by atoms with E-state index in [1.807, 2.05) is 17.0 Å². The van der Waals surface area contributed by atoms with E-state index >= 15 is 0 Å². The third-order valence-electron chi connectivity index (χ3n) is 10.5. The summed E-state index contributed by atoms with van der Waals surface area (Å²) in [6, 6.07) is 7.68. The van der Waals surface area contributed by atoms with Crippen LogP contribution in [0.4, 0.5) is 5.82 Å². The lowest BCUT2D eigenvalue weighted by Gasteiger charge is -2.52. The Morgan fingerprint density at radius 1 is 1.07 bits per heavy atom. The summed E-state index contributed by atoms with van der Waals surface area (Å²) in [6.45, 7) is 1.31. The highest BCUT2D eigenvalue weighted by atomic mass is 35.5. The normalized spacial score (nSPS) is 24.6. The monoisotopic (exact) mass is 660 g/mol. The highest BCUT2D eigenvalue weighted by Crippen LogP contribution is 2.55. The number of carboxylic acid groups (broad SMARTS) is 1. The standard InChI is InChI=1S/C35H34Cl2N4O5/c36-26-15-38-16-27(37)29(26)30-25(31(46-40-30)21-3-4-21)19-45-35-10-7-34(8-11-35,9-12-35)6-5-20-1-2-22-14-28(33(43)44)39-32(24(22)13-20)41-17-23(42)18-41/h1-2,5-6,13-16,21,23,42H,3-4,7-12,17-19H2,(H,43,44). The summed E-state index contributed by atoms with van der Waals surface area (Å²) >= 11 is 13.0. The summed E-state index contributed by atoms with van der Waals surface area (Å²) < 4.78 is 12.7. The number of carboxylic acids is 1. The minimum Gasteiger partial charge on any atom is -0.477 e. The van der Waals surface area contributed by atoms with Crippen molar-refractivity contribution in [1.82, 2.24) is 15.1 Å². The van der Waals surface area contributed by atoms with Crippen LogP contribution < -0.4 is 4.90 Å². The first-order chi connectivity index (χ1) is 22.2. The summed E-state index contributed by atoms with van der Waals surface area (Å²) in [7, 11) is 0. The lowest BCUT2D eigenvalue weighted by atomic mass is 9.58. The number of β-amino-alcohol motifs (C(OH)–C–C–N with tert-alkyl or cyclic N) is 1. The Kier molecular flexibility index (Phi) is 7.36. The first kappa shape index (κ1) is 29.9. The molecule has 0 atom stereocenters. The minimum absolute atomic E-state index is 0.00941. The van der Waals surface area contributed by atoms with E-state index in [0.717, 1.165) is 79.0 Å². The van der Waals surface area contributed by atoms with E-state index in [1.165, 1.54) is 0 Å². The highest BCUT2D eigenvalue weighted by Gasteiger charge is 2.48. The number of ether oxygens (including phenoxy) is 1. The summed E-state index contributed by atoms with van der Waals surface area (Å²) in [6.07, 6.45) is 15.6. The van der Waals surface area contributed by atoms with Gasteiger partial charge in [0.2, 0.25) is 0 Å². The van der Waals surface area contributed by atoms with Gasteiger partial charge in [0.25, 0.3) is 0 Å². The van der Waals surface area contributed by atoms with Crippen molar-refractivity contribution >= 4 is 51.8 Å². The van der Waals surface area contributed by atoms with Crippen LogP contribution in [0.3, 0.4) is 0 Å². The van der Waals surface area contributed by atoms with Crippen LogP contribution in [-0.4, -0.2) is 56.1 Å². The van der Waals surface area contributed by atoms with Gasteiger partial charge >= 0.3 is 5.97 Å². The summed E-state index contributed by atoms with van der Waals surface area (Å²) in [5.74, 6) is 0.804. The zero-order valence-electron chi connectivity index (χ0n) is 25.2. The predicted octanol–water partition coefficient (Wildman–Crippen LogP) is 7.67. The Balaban J connectivity index is 0.988. The number of benzene rings is 1. The molecule has 0 radical (unpaired) electrons. The fourth-order valence-electron chi connectivity index (χ4n) is 7.44. The number of aliphatic hydroxyl groups excluding tert-OH is 1. The fraction of sp³-hybridized carbons (Fsp3) is 0.429. The third kappa shape index (κ3) is 5.37. The number of aromatic nitrogens is 3. The number of allylic oxidation sites excluding steroid dienone is 1. The van der Waals surface area contributed by atoms with E-state index in [4.69, 9.17) is 32.5 Å². The number of aromatic carboxylic acids is 1. The number of aliphatic hydroxyl groups is 1. The molecule has 0 amide bonds. The zero-order chi connectivity index (χ0) is 31.6. The second-order valence-electron chi connectivity index (χ2n) is 13.5. The van der Waals surface area contributed by atoms with Crippen LogP contribution >= 0.6 is 23.2 Å². The molecule has 46 heavy (non-hydrogen) atoms. The molecule has 4 aromatic rings. The molecule has 1 aromatic carbocycles. The van der Waals surface area contributed by atoms with Gasteiger partial charge in [-0.25, -0.2) is 9.78 Å². The number of hydrogen-bond acceptors (Lipinski definition) is 8. The van der Waals surface area contributed by atoms with E-state index in [-0.39, 0.29) is 16.7 Å². The molecule has 0 unspecified atom stereocenters. The van der Waals surface area contributed by atoms with Crippen LogP contribution in [0.1, 0.15) is 84.7 Å². The Bertz CT molecular complexity index is 1840. The predicted molar refractivity (Wildman–Crippen MR) is 175 cm³/mol. The van der Waals surface area contributed by atoms with Gasteiger partial charge in [-0.3, -0.25) is 4.98 Å². The van der Waals surface area contributed by atoms with E-state index in [0.29, 0.717) is 52.7 Å². The molecule has 2 bridgehead atoms. The molecular weight excluding hydrogens is 627 g/mol. The Labute approximate surface area is 276 Å². The molecule has 238 valence electrons. The van der Waals surface area contributed by atoms with E-state index in [9.17, 15) is 15.0 Å². The molecule has 9 rings (SSSR count). The molecule has 11 heteroatoms. The van der Waals surface area contributed by atoms with Crippen molar-refractivity contribution in [2.45, 2.75) is 75.6 Å². The number of hydrogen-bond donors (Lipinski definition) is 2. The van der Waals surface area contributed by atoms with Gasteiger partial charge in [0.1, 0.15) is 17.3 Å². The SMILES string of the molecule is O=C(O)c1cc2ccc(C=CC34CCC(OCc5c(-c6c(Cl)cncc6Cl)noc5C5CC5)(CC3)CC4)cc2c(N2CC(O)C2)n1. The maximum absolute atomic E-state index is 11.7. The van der Waals surface area contributed by atoms with Crippen molar-refractivity contribution in [3.63, 3.8) is 0 Å². The lowest BCUT2D eigenvalue weighted by Crippen LogP contribution is -2.51. The molecular formula is C35H34Cl2N4O5. The van der Waals surface area contributed by atoms with Crippen LogP contribution in [-0.2, 0) is 11.3 Å². The quantitative estimate of drug-likeness (QED) is 0.186. The maximum atomic E-state index is 11.7. The van der Waals surface area contributed by atoms with Crippen LogP contribution in [0, 0.1) is 5.41 Å². The van der Waals surface area contributed by atoms with Gasteiger partial charge in [-0.1, -0.05) is 52.6 Å². The average molecular weight is 662 g/mol. The number of pyridine rings is 2. The summed E-state index contributed by atoms with van der Waals surface area (Å²) in [5, 5.41) is 26.5. The lowest BCUT2D eigenvalue weighted by molar-refractivity contribution is -0.133. The molecule has 4 aliphatic carbocycles. The van der Waals surface area contributed by atoms with E-state index in [2.05, 4.69) is 33.3 Å². The number of carbonyl (C=O) groups is 1. The second-order valence-corrected chi connectivity index (χ2v) is 14.3. The fourth-order valence-corrected chi connectivity index (χ4v) is 7.98. The first-order valence-corrected chi connectivity index (χ1v) is 16.7. The molecule has 5 aliphatic rings. The van der Waals surface area contributed by atoms with Gasteiger partial charge < -0.3 is 24.4 Å². The minimum atomic E-state index is -1.06. The molecule has 1 saturated heterocycles. The molecule has 2 N–H and O–H groups in total. The number of rotatable bonds is 9. The van der Waals surface area contributed by atoms with Gasteiger partial charge in [-0.05, 0) is 79.9 Å². The van der Waals surface area contributed by atoms with E-state index in [1.54, 1.807) is 18.5 Å². The third-order valence-corrected chi connectivity index (χ3v) is 11.0. The molecule has 0 spiro atoms. The summed E-state index contributed by atoms with van der Waals surface area (Å²) in [4.78, 5) is 22.2. The molecule has 1 aliphatic heterocycles. The van der Waals surface area contributed by atoms with Gasteiger partial charge in [0.15, 0.2) is 5.69 Å². The number of halogens is 2. The first-order valence-electron chi connectivity index (χ1n) is 15.9. The topological polar surface area (TPSA) is 122 Å². The Hall–Kier alpha value is -3.50. The van der Waals surface area contributed by atoms with Crippen molar-refractivity contribution in [2.75, 3.05) is 18.0 Å². The second kappa shape index (κ2) is 11.3. The average Bonchev–Trinajstić information content (AvgIpc) is 3.81. The van der Waals surface area contributed by atoms with Crippen molar-refractivity contribution < 1.29 is 24.3 Å². The molecule has 9 nitrogen and oxygen atoms in total. The molecule has 4 heterocycles. The van der Waals surface area contributed by atoms with Crippen LogP contribution in [0.5, 0.6) is 0 Å². The van der Waals surface area contributed by atoms with Gasteiger partial charge in [-0.15, -0.1) is 0 Å². The van der Waals surface area contributed by atoms with Crippen LogP contribution in [0.25, 0.3) is 28.1 Å². The smallest absolute Gasteiger partial charge is 0.354 e. The highest BCUT2D eigenvalue weighted by molar-refractivity contribution is 6.38. The number of fused-ring (bicyclic) bond motifs is 4. The largest absolute Gasteiger partial charge is 0.477 e. The molecule has 3 aromatic heterocycles. The van der Waals surface area contributed by atoms with Crippen LogP contribution in [0.2, 0.25) is 10.0 Å². The van der Waals surface area contributed by atoms with Crippen LogP contribution in [0.15, 0.2) is 47.3 Å². The van der Waals surface area contributed by atoms with E-state index < -0.39 is 12.1 Å². The van der Waals surface area contributed by atoms with Crippen molar-refractivity contribution in [2.24, 2.45) is 5.41 Å².